The first-order valence-electron chi connectivity index (χ1n) is 6.42. The number of carbonyl (C=O) groups excluding carboxylic acids is 1. The van der Waals surface area contributed by atoms with Crippen LogP contribution >= 0.6 is 11.6 Å². The van der Waals surface area contributed by atoms with Gasteiger partial charge in [-0.05, 0) is 24.1 Å². The first kappa shape index (κ1) is 15.2. The molecule has 0 saturated heterocycles. The van der Waals surface area contributed by atoms with E-state index >= 15 is 0 Å². The molecule has 0 amide bonds. The van der Waals surface area contributed by atoms with Crippen molar-refractivity contribution in [3.05, 3.63) is 70.5 Å². The lowest BCUT2D eigenvalue weighted by Gasteiger charge is -2.25. The van der Waals surface area contributed by atoms with E-state index in [4.69, 9.17) is 11.6 Å². The van der Waals surface area contributed by atoms with Gasteiger partial charge in [-0.25, -0.2) is 4.39 Å². The molecule has 106 valence electrons. The number of benzene rings is 2. The molecule has 0 radical (unpaired) electrons. The van der Waals surface area contributed by atoms with Crippen molar-refractivity contribution in [2.24, 2.45) is 0 Å². The summed E-state index contributed by atoms with van der Waals surface area (Å²) in [5.74, 6) is -0.853. The number of carbonyl (C=O) groups is 1. The molecule has 0 aromatic heterocycles. The van der Waals surface area contributed by atoms with Crippen LogP contribution in [0.25, 0.3) is 0 Å². The minimum atomic E-state index is -1.36. The summed E-state index contributed by atoms with van der Waals surface area (Å²) < 4.78 is 13.6. The SMILES string of the molecule is CC(=O)C(C#N)(Cc1cccc(F)c1Cl)c1ccccc1. The van der Waals surface area contributed by atoms with Crippen LogP contribution in [-0.2, 0) is 16.6 Å². The maximum atomic E-state index is 13.6. The standard InChI is InChI=1S/C17H13ClFNO/c1-12(21)17(11-20,14-7-3-2-4-8-14)10-13-6-5-9-15(19)16(13)18/h2-9H,10H2,1H3. The first-order valence-corrected chi connectivity index (χ1v) is 6.80. The summed E-state index contributed by atoms with van der Waals surface area (Å²) in [5.41, 5.74) is -0.337. The Morgan fingerprint density at radius 1 is 1.24 bits per heavy atom. The fraction of sp³-hybridized carbons (Fsp3) is 0.176. The van der Waals surface area contributed by atoms with Crippen LogP contribution in [0.4, 0.5) is 4.39 Å². The molecule has 0 aliphatic rings. The molecule has 2 nitrogen and oxygen atoms in total. The molecule has 0 bridgehead atoms. The summed E-state index contributed by atoms with van der Waals surface area (Å²) >= 11 is 5.95. The number of hydrogen-bond acceptors (Lipinski definition) is 2. The van der Waals surface area contributed by atoms with E-state index in [0.717, 1.165) is 0 Å². The molecule has 0 N–H and O–H groups in total. The molecule has 0 saturated carbocycles. The van der Waals surface area contributed by atoms with E-state index < -0.39 is 11.2 Å². The summed E-state index contributed by atoms with van der Waals surface area (Å²) in [5, 5.41) is 9.57. The van der Waals surface area contributed by atoms with Gasteiger partial charge < -0.3 is 0 Å². The molecule has 0 fully saturated rings. The summed E-state index contributed by atoms with van der Waals surface area (Å²) in [6.07, 6.45) is 0.0411. The highest BCUT2D eigenvalue weighted by Crippen LogP contribution is 2.32. The Bertz CT molecular complexity index is 708. The van der Waals surface area contributed by atoms with E-state index in [1.165, 1.54) is 19.1 Å². The van der Waals surface area contributed by atoms with E-state index in [1.54, 1.807) is 36.4 Å². The topological polar surface area (TPSA) is 40.9 Å². The van der Waals surface area contributed by atoms with Gasteiger partial charge in [0.2, 0.25) is 0 Å². The lowest BCUT2D eigenvalue weighted by molar-refractivity contribution is -0.120. The fourth-order valence-corrected chi connectivity index (χ4v) is 2.50. The van der Waals surface area contributed by atoms with E-state index in [0.29, 0.717) is 11.1 Å². The van der Waals surface area contributed by atoms with Gasteiger partial charge in [0.1, 0.15) is 11.2 Å². The normalized spacial score (nSPS) is 13.2. The molecule has 0 aliphatic heterocycles. The van der Waals surface area contributed by atoms with Crippen molar-refractivity contribution in [2.75, 3.05) is 0 Å². The molecule has 0 heterocycles. The molecule has 4 heteroatoms. The van der Waals surface area contributed by atoms with E-state index in [2.05, 4.69) is 6.07 Å². The Hall–Kier alpha value is -2.18. The Balaban J connectivity index is 2.55. The van der Waals surface area contributed by atoms with Gasteiger partial charge in [0.25, 0.3) is 0 Å². The monoisotopic (exact) mass is 301 g/mol. The van der Waals surface area contributed by atoms with Crippen molar-refractivity contribution in [1.29, 1.82) is 5.26 Å². The molecule has 2 rings (SSSR count). The molecular weight excluding hydrogens is 289 g/mol. The molecule has 2 aromatic rings. The molecule has 0 spiro atoms. The highest BCUT2D eigenvalue weighted by Gasteiger charge is 2.38. The van der Waals surface area contributed by atoms with Crippen molar-refractivity contribution in [1.82, 2.24) is 0 Å². The number of ketones is 1. The molecule has 1 atom stereocenters. The Labute approximate surface area is 127 Å². The van der Waals surface area contributed by atoms with E-state index in [-0.39, 0.29) is 17.2 Å². The summed E-state index contributed by atoms with van der Waals surface area (Å²) in [4.78, 5) is 12.1. The van der Waals surface area contributed by atoms with Crippen LogP contribution in [0.5, 0.6) is 0 Å². The predicted molar refractivity (Wildman–Crippen MR) is 79.5 cm³/mol. The maximum absolute atomic E-state index is 13.6. The average Bonchev–Trinajstić information content (AvgIpc) is 2.49. The van der Waals surface area contributed by atoms with Crippen molar-refractivity contribution in [2.45, 2.75) is 18.8 Å². The number of halogens is 2. The quantitative estimate of drug-likeness (QED) is 0.854. The van der Waals surface area contributed by atoms with Gasteiger partial charge in [-0.1, -0.05) is 54.1 Å². The molecular formula is C17H13ClFNO. The third-order valence-corrected chi connectivity index (χ3v) is 3.97. The zero-order valence-corrected chi connectivity index (χ0v) is 12.2. The van der Waals surface area contributed by atoms with Crippen LogP contribution in [0.1, 0.15) is 18.1 Å². The smallest absolute Gasteiger partial charge is 0.154 e. The van der Waals surface area contributed by atoms with Crippen LogP contribution < -0.4 is 0 Å². The highest BCUT2D eigenvalue weighted by atomic mass is 35.5. The summed E-state index contributed by atoms with van der Waals surface area (Å²) in [6.45, 7) is 1.36. The Morgan fingerprint density at radius 2 is 1.90 bits per heavy atom. The second kappa shape index (κ2) is 6.07. The van der Waals surface area contributed by atoms with Crippen molar-refractivity contribution < 1.29 is 9.18 Å². The Morgan fingerprint density at radius 3 is 2.48 bits per heavy atom. The fourth-order valence-electron chi connectivity index (χ4n) is 2.31. The number of nitrogens with zero attached hydrogens (tertiary/aromatic N) is 1. The minimum absolute atomic E-state index is 0.0411. The molecule has 21 heavy (non-hydrogen) atoms. The van der Waals surface area contributed by atoms with Gasteiger partial charge in [0.05, 0.1) is 11.1 Å². The third-order valence-electron chi connectivity index (χ3n) is 3.55. The van der Waals surface area contributed by atoms with Gasteiger partial charge in [0, 0.05) is 6.42 Å². The van der Waals surface area contributed by atoms with Gasteiger partial charge in [-0.3, -0.25) is 4.79 Å². The van der Waals surface area contributed by atoms with Gasteiger partial charge in [-0.2, -0.15) is 5.26 Å². The zero-order valence-electron chi connectivity index (χ0n) is 11.4. The van der Waals surface area contributed by atoms with E-state index in [9.17, 15) is 14.4 Å². The van der Waals surface area contributed by atoms with Crippen LogP contribution in [-0.4, -0.2) is 5.78 Å². The number of nitriles is 1. The summed E-state index contributed by atoms with van der Waals surface area (Å²) in [7, 11) is 0. The number of hydrogen-bond donors (Lipinski definition) is 0. The predicted octanol–water partition coefficient (Wildman–Crippen LogP) is 4.07. The minimum Gasteiger partial charge on any atom is -0.298 e. The number of rotatable bonds is 4. The van der Waals surface area contributed by atoms with Gasteiger partial charge >= 0.3 is 0 Å². The van der Waals surface area contributed by atoms with Gasteiger partial charge in [-0.15, -0.1) is 0 Å². The Kier molecular flexibility index (Phi) is 4.40. The van der Waals surface area contributed by atoms with E-state index in [1.807, 2.05) is 0 Å². The lowest BCUT2D eigenvalue weighted by atomic mass is 9.74. The highest BCUT2D eigenvalue weighted by molar-refractivity contribution is 6.31. The van der Waals surface area contributed by atoms with Crippen molar-refractivity contribution in [3.63, 3.8) is 0 Å². The molecule has 2 aromatic carbocycles. The van der Waals surface area contributed by atoms with Crippen molar-refractivity contribution >= 4 is 17.4 Å². The molecule has 0 aliphatic carbocycles. The number of Topliss-reactive ketones (excluding diaryl/α,β-unsaturated/α-hetero) is 1. The first-order chi connectivity index (χ1) is 10.0. The largest absolute Gasteiger partial charge is 0.298 e. The lowest BCUT2D eigenvalue weighted by Crippen LogP contribution is -2.35. The average molecular weight is 302 g/mol. The molecule has 1 unspecified atom stereocenters. The van der Waals surface area contributed by atoms with Crippen LogP contribution in [0.2, 0.25) is 5.02 Å². The van der Waals surface area contributed by atoms with Crippen LogP contribution in [0.15, 0.2) is 48.5 Å². The van der Waals surface area contributed by atoms with Crippen LogP contribution in [0, 0.1) is 17.1 Å². The zero-order chi connectivity index (χ0) is 15.5. The van der Waals surface area contributed by atoms with Gasteiger partial charge in [0.15, 0.2) is 5.78 Å². The second-order valence-electron chi connectivity index (χ2n) is 4.83. The summed E-state index contributed by atoms with van der Waals surface area (Å²) in [6, 6.07) is 15.3. The maximum Gasteiger partial charge on any atom is 0.154 e. The second-order valence-corrected chi connectivity index (χ2v) is 5.21. The third kappa shape index (κ3) is 2.81. The van der Waals surface area contributed by atoms with Crippen LogP contribution in [0.3, 0.4) is 0 Å². The van der Waals surface area contributed by atoms with Crippen molar-refractivity contribution in [3.8, 4) is 6.07 Å².